The molecule has 0 aliphatic heterocycles. The first-order chi connectivity index (χ1) is 13.2. The molecule has 0 aromatic heterocycles. The van der Waals surface area contributed by atoms with Gasteiger partial charge in [0, 0.05) is 12.1 Å². The second kappa shape index (κ2) is 9.32. The molecule has 0 heterocycles. The van der Waals surface area contributed by atoms with E-state index < -0.39 is 10.0 Å². The third-order valence-corrected chi connectivity index (χ3v) is 6.30. The average Bonchev–Trinajstić information content (AvgIpc) is 2.68. The molecule has 0 bridgehead atoms. The van der Waals surface area contributed by atoms with Crippen molar-refractivity contribution in [2.45, 2.75) is 31.2 Å². The maximum atomic E-state index is 12.7. The second-order valence-electron chi connectivity index (χ2n) is 6.97. The number of aryl methyl sites for hydroxylation is 2. The van der Waals surface area contributed by atoms with Crippen LogP contribution in [0.1, 0.15) is 40.0 Å². The van der Waals surface area contributed by atoms with Crippen LogP contribution < -0.4 is 10.0 Å². The van der Waals surface area contributed by atoms with Crippen LogP contribution in [0.4, 0.5) is 0 Å². The zero-order chi connectivity index (χ0) is 20.9. The first kappa shape index (κ1) is 22.1. The minimum Gasteiger partial charge on any atom is -0.350 e. The number of benzene rings is 2. The Morgan fingerprint density at radius 2 is 1.75 bits per heavy atom. The van der Waals surface area contributed by atoms with Crippen molar-refractivity contribution in [1.29, 1.82) is 0 Å². The number of hydrogen-bond acceptors (Lipinski definition) is 4. The van der Waals surface area contributed by atoms with Crippen LogP contribution in [0.5, 0.6) is 0 Å². The third-order valence-electron chi connectivity index (χ3n) is 4.88. The molecular formula is C21H29N3O3S. The van der Waals surface area contributed by atoms with Gasteiger partial charge in [0.05, 0.1) is 10.9 Å². The van der Waals surface area contributed by atoms with Gasteiger partial charge in [-0.3, -0.25) is 4.79 Å². The van der Waals surface area contributed by atoms with Gasteiger partial charge in [-0.25, -0.2) is 13.1 Å². The highest BCUT2D eigenvalue weighted by atomic mass is 32.2. The zero-order valence-corrected chi connectivity index (χ0v) is 17.9. The Kier molecular flexibility index (Phi) is 7.35. The number of rotatable bonds is 8. The lowest BCUT2D eigenvalue weighted by Gasteiger charge is -2.25. The summed E-state index contributed by atoms with van der Waals surface area (Å²) in [6, 6.07) is 12.9. The third kappa shape index (κ3) is 5.19. The molecule has 0 saturated heterocycles. The summed E-state index contributed by atoms with van der Waals surface area (Å²) in [7, 11) is 1.68. The van der Waals surface area contributed by atoms with Crippen molar-refractivity contribution in [2.24, 2.45) is 0 Å². The van der Waals surface area contributed by atoms with Gasteiger partial charge in [0.25, 0.3) is 5.91 Å². The van der Waals surface area contributed by atoms with Crippen LogP contribution in [0.3, 0.4) is 0 Å². The zero-order valence-electron chi connectivity index (χ0n) is 17.1. The monoisotopic (exact) mass is 403 g/mol. The maximum Gasteiger partial charge on any atom is 0.251 e. The number of carbonyl (C=O) groups excluding carboxylic acids is 1. The van der Waals surface area contributed by atoms with Gasteiger partial charge in [-0.05, 0) is 63.3 Å². The van der Waals surface area contributed by atoms with E-state index in [1.54, 1.807) is 13.0 Å². The minimum absolute atomic E-state index is 0.0133. The lowest BCUT2D eigenvalue weighted by atomic mass is 10.0. The fourth-order valence-corrected chi connectivity index (χ4v) is 3.75. The summed E-state index contributed by atoms with van der Waals surface area (Å²) in [5, 5.41) is 2.95. The molecule has 152 valence electrons. The van der Waals surface area contributed by atoms with E-state index in [4.69, 9.17) is 0 Å². The molecule has 0 spiro atoms. The van der Waals surface area contributed by atoms with E-state index in [1.165, 1.54) is 24.7 Å². The lowest BCUT2D eigenvalue weighted by Crippen LogP contribution is -2.35. The topological polar surface area (TPSA) is 78.5 Å². The van der Waals surface area contributed by atoms with E-state index in [0.29, 0.717) is 12.1 Å². The molecule has 6 nitrogen and oxygen atoms in total. The maximum absolute atomic E-state index is 12.7. The molecule has 0 radical (unpaired) electrons. The van der Waals surface area contributed by atoms with E-state index in [1.807, 2.05) is 14.1 Å². The van der Waals surface area contributed by atoms with Crippen molar-refractivity contribution in [1.82, 2.24) is 14.9 Å². The van der Waals surface area contributed by atoms with Crippen molar-refractivity contribution in [3.8, 4) is 0 Å². The highest BCUT2D eigenvalue weighted by molar-refractivity contribution is 7.89. The molecular weight excluding hydrogens is 374 g/mol. The van der Waals surface area contributed by atoms with Crippen LogP contribution in [-0.2, 0) is 16.4 Å². The van der Waals surface area contributed by atoms with Gasteiger partial charge in [-0.2, -0.15) is 0 Å². The molecule has 0 fully saturated rings. The summed E-state index contributed by atoms with van der Waals surface area (Å²) < 4.78 is 26.3. The van der Waals surface area contributed by atoms with Crippen molar-refractivity contribution in [3.63, 3.8) is 0 Å². The van der Waals surface area contributed by atoms with Gasteiger partial charge in [0.15, 0.2) is 0 Å². The van der Waals surface area contributed by atoms with Crippen LogP contribution in [0.25, 0.3) is 0 Å². The van der Waals surface area contributed by atoms with Crippen molar-refractivity contribution < 1.29 is 13.2 Å². The summed E-state index contributed by atoms with van der Waals surface area (Å²) >= 11 is 0. The van der Waals surface area contributed by atoms with Crippen LogP contribution in [-0.4, -0.2) is 46.9 Å². The predicted octanol–water partition coefficient (Wildman–Crippen LogP) is 2.50. The number of nitrogens with zero attached hydrogens (tertiary/aromatic N) is 1. The summed E-state index contributed by atoms with van der Waals surface area (Å²) in [4.78, 5) is 14.9. The fourth-order valence-electron chi connectivity index (χ4n) is 2.99. The van der Waals surface area contributed by atoms with Crippen LogP contribution in [0.2, 0.25) is 0 Å². The highest BCUT2D eigenvalue weighted by Crippen LogP contribution is 2.20. The molecule has 2 aromatic rings. The van der Waals surface area contributed by atoms with Crippen molar-refractivity contribution >= 4 is 15.9 Å². The number of likely N-dealkylation sites (N-methyl/N-ethyl adjacent to an activating group) is 1. The predicted molar refractivity (Wildman–Crippen MR) is 112 cm³/mol. The van der Waals surface area contributed by atoms with Crippen molar-refractivity contribution in [3.05, 3.63) is 64.7 Å². The van der Waals surface area contributed by atoms with E-state index in [0.717, 1.165) is 17.5 Å². The van der Waals surface area contributed by atoms with Gasteiger partial charge in [0.1, 0.15) is 0 Å². The SMILES string of the molecule is CCc1ccc([C@@H](CNC(=O)c2cc(S(=O)(=O)NC)ccc2C)N(C)C)cc1. The highest BCUT2D eigenvalue weighted by Gasteiger charge is 2.19. The van der Waals surface area contributed by atoms with Gasteiger partial charge in [-0.1, -0.05) is 37.3 Å². The molecule has 0 aliphatic carbocycles. The molecule has 0 aliphatic rings. The van der Waals surface area contributed by atoms with E-state index in [2.05, 4.69) is 46.1 Å². The van der Waals surface area contributed by atoms with Gasteiger partial charge < -0.3 is 10.2 Å². The standard InChI is InChI=1S/C21H29N3O3S/c1-6-16-8-10-17(11-9-16)20(24(4)5)14-23-21(25)19-13-18(12-7-15(19)2)28(26,27)22-3/h7-13,20,22H,6,14H2,1-5H3,(H,23,25)/t20-/m1/s1. The Morgan fingerprint density at radius 3 is 2.29 bits per heavy atom. The van der Waals surface area contributed by atoms with E-state index >= 15 is 0 Å². The summed E-state index contributed by atoms with van der Waals surface area (Å²) in [5.41, 5.74) is 3.46. The molecule has 0 saturated carbocycles. The number of sulfonamides is 1. The van der Waals surface area contributed by atoms with Crippen LogP contribution in [0, 0.1) is 6.92 Å². The number of carbonyl (C=O) groups is 1. The van der Waals surface area contributed by atoms with Gasteiger partial charge in [-0.15, -0.1) is 0 Å². The Balaban J connectivity index is 2.20. The number of nitrogens with one attached hydrogen (secondary N) is 2. The molecule has 0 unspecified atom stereocenters. The number of amides is 1. The molecule has 2 aromatic carbocycles. The summed E-state index contributed by atoms with van der Waals surface area (Å²) in [6.45, 7) is 4.32. The largest absolute Gasteiger partial charge is 0.350 e. The lowest BCUT2D eigenvalue weighted by molar-refractivity contribution is 0.0941. The molecule has 7 heteroatoms. The Morgan fingerprint density at radius 1 is 1.11 bits per heavy atom. The molecule has 2 N–H and O–H groups in total. The number of hydrogen-bond donors (Lipinski definition) is 2. The minimum atomic E-state index is -3.60. The van der Waals surface area contributed by atoms with E-state index in [9.17, 15) is 13.2 Å². The summed E-state index contributed by atoms with van der Waals surface area (Å²) in [5.74, 6) is -0.289. The average molecular weight is 404 g/mol. The normalized spacial score (nSPS) is 12.8. The van der Waals surface area contributed by atoms with Crippen LogP contribution >= 0.6 is 0 Å². The van der Waals surface area contributed by atoms with Gasteiger partial charge in [0.2, 0.25) is 10.0 Å². The smallest absolute Gasteiger partial charge is 0.251 e. The molecule has 2 rings (SSSR count). The Hall–Kier alpha value is -2.22. The Labute approximate surface area is 168 Å². The fraction of sp³-hybridized carbons (Fsp3) is 0.381. The van der Waals surface area contributed by atoms with E-state index in [-0.39, 0.29) is 16.8 Å². The quantitative estimate of drug-likeness (QED) is 0.710. The first-order valence-corrected chi connectivity index (χ1v) is 10.8. The Bertz CT molecular complexity index is 922. The molecule has 28 heavy (non-hydrogen) atoms. The first-order valence-electron chi connectivity index (χ1n) is 9.27. The van der Waals surface area contributed by atoms with Crippen molar-refractivity contribution in [2.75, 3.05) is 27.7 Å². The molecule has 1 atom stereocenters. The summed E-state index contributed by atoms with van der Waals surface area (Å²) in [6.07, 6.45) is 0.981. The van der Waals surface area contributed by atoms with Gasteiger partial charge >= 0.3 is 0 Å². The second-order valence-corrected chi connectivity index (χ2v) is 8.86. The molecule has 1 amide bonds. The van der Waals surface area contributed by atoms with Crippen LogP contribution in [0.15, 0.2) is 47.4 Å².